The Morgan fingerprint density at radius 1 is 1.23 bits per heavy atom. The maximum absolute atomic E-state index is 13.0. The van der Waals surface area contributed by atoms with Gasteiger partial charge in [0.2, 0.25) is 0 Å². The molecule has 0 radical (unpaired) electrons. The first-order chi connectivity index (χ1) is 10.2. The number of halogens is 3. The van der Waals surface area contributed by atoms with Crippen molar-refractivity contribution in [2.45, 2.75) is 13.1 Å². The number of hydrazone groups is 1. The molecule has 22 heavy (non-hydrogen) atoms. The van der Waals surface area contributed by atoms with Gasteiger partial charge in [-0.05, 0) is 31.2 Å². The van der Waals surface area contributed by atoms with Crippen LogP contribution in [0.25, 0.3) is 0 Å². The van der Waals surface area contributed by atoms with E-state index in [1.807, 2.05) is 19.0 Å². The van der Waals surface area contributed by atoms with Crippen LogP contribution in [-0.4, -0.2) is 49.1 Å². The van der Waals surface area contributed by atoms with Gasteiger partial charge in [-0.15, -0.1) is 0 Å². The Labute approximate surface area is 126 Å². The Balaban J connectivity index is 2.40. The lowest BCUT2D eigenvalue weighted by atomic mass is 10.2. The first-order valence-corrected chi connectivity index (χ1v) is 6.62. The lowest BCUT2D eigenvalue weighted by Crippen LogP contribution is -2.33. The van der Waals surface area contributed by atoms with Gasteiger partial charge < -0.3 is 4.90 Å². The number of aliphatic imine (C=N–C) groups is 1. The van der Waals surface area contributed by atoms with E-state index in [9.17, 15) is 13.2 Å². The van der Waals surface area contributed by atoms with Crippen LogP contribution in [0.15, 0.2) is 34.4 Å². The standard InChI is InChI=1S/C14H16F3N5/c1-4-22-13(18)11(12(20-22)14(15,16)17)19-9-5-7-10(8-6-9)21(2)3/h5-8,18H,4H2,1-3H3. The molecule has 0 amide bonds. The largest absolute Gasteiger partial charge is 0.437 e. The van der Waals surface area contributed by atoms with E-state index in [0.717, 1.165) is 10.7 Å². The highest BCUT2D eigenvalue weighted by atomic mass is 19.4. The average Bonchev–Trinajstić information content (AvgIpc) is 2.76. The topological polar surface area (TPSA) is 55.1 Å². The summed E-state index contributed by atoms with van der Waals surface area (Å²) in [5, 5.41) is 12.2. The third kappa shape index (κ3) is 3.10. The molecule has 8 heteroatoms. The number of alkyl halides is 3. The zero-order valence-corrected chi connectivity index (χ0v) is 12.4. The summed E-state index contributed by atoms with van der Waals surface area (Å²) in [5.74, 6) is -0.341. The molecule has 1 aliphatic rings. The van der Waals surface area contributed by atoms with Crippen molar-refractivity contribution in [3.8, 4) is 0 Å². The minimum Gasteiger partial charge on any atom is -0.378 e. The van der Waals surface area contributed by atoms with E-state index >= 15 is 0 Å². The molecule has 0 bridgehead atoms. The monoisotopic (exact) mass is 311 g/mol. The summed E-state index contributed by atoms with van der Waals surface area (Å²) in [4.78, 5) is 5.84. The van der Waals surface area contributed by atoms with E-state index in [1.54, 1.807) is 31.2 Å². The van der Waals surface area contributed by atoms with Gasteiger partial charge >= 0.3 is 6.18 Å². The lowest BCUT2D eigenvalue weighted by molar-refractivity contribution is -0.0570. The summed E-state index contributed by atoms with van der Waals surface area (Å²) in [6.07, 6.45) is -4.64. The third-order valence-electron chi connectivity index (χ3n) is 3.10. The molecule has 1 N–H and O–H groups in total. The molecule has 0 fully saturated rings. The predicted molar refractivity (Wildman–Crippen MR) is 81.5 cm³/mol. The molecule has 1 aromatic rings. The van der Waals surface area contributed by atoms with Crippen LogP contribution in [0.3, 0.4) is 0 Å². The van der Waals surface area contributed by atoms with Gasteiger partial charge in [0.05, 0.1) is 5.69 Å². The van der Waals surface area contributed by atoms with Gasteiger partial charge in [0.1, 0.15) is 5.71 Å². The fourth-order valence-corrected chi connectivity index (χ4v) is 1.93. The Bertz CT molecular complexity index is 629. The van der Waals surface area contributed by atoms with Crippen molar-refractivity contribution < 1.29 is 13.2 Å². The second-order valence-electron chi connectivity index (χ2n) is 4.88. The van der Waals surface area contributed by atoms with Crippen molar-refractivity contribution in [3.05, 3.63) is 24.3 Å². The van der Waals surface area contributed by atoms with Gasteiger partial charge in [0.25, 0.3) is 0 Å². The van der Waals surface area contributed by atoms with Gasteiger partial charge in [-0.2, -0.15) is 18.3 Å². The first kappa shape index (κ1) is 16.0. The molecule has 0 unspecified atom stereocenters. The molecule has 1 aromatic carbocycles. The van der Waals surface area contributed by atoms with Crippen LogP contribution in [0, 0.1) is 5.41 Å². The number of anilines is 1. The van der Waals surface area contributed by atoms with E-state index in [1.165, 1.54) is 0 Å². The fourth-order valence-electron chi connectivity index (χ4n) is 1.93. The molecular formula is C14H16F3N5. The molecule has 0 aliphatic carbocycles. The van der Waals surface area contributed by atoms with Crippen LogP contribution < -0.4 is 4.90 Å². The molecule has 0 atom stereocenters. The number of hydrogen-bond acceptors (Lipinski definition) is 4. The van der Waals surface area contributed by atoms with Crippen molar-refractivity contribution >= 4 is 28.6 Å². The van der Waals surface area contributed by atoms with Crippen LogP contribution >= 0.6 is 0 Å². The second-order valence-corrected chi connectivity index (χ2v) is 4.88. The summed E-state index contributed by atoms with van der Waals surface area (Å²) in [5.41, 5.74) is -0.325. The number of rotatable bonds is 3. The van der Waals surface area contributed by atoms with Crippen molar-refractivity contribution in [2.75, 3.05) is 25.5 Å². The van der Waals surface area contributed by atoms with Gasteiger partial charge in [-0.1, -0.05) is 0 Å². The highest BCUT2D eigenvalue weighted by Gasteiger charge is 2.45. The second kappa shape index (κ2) is 5.78. The number of nitrogens with zero attached hydrogens (tertiary/aromatic N) is 4. The fraction of sp³-hybridized carbons (Fsp3) is 0.357. The maximum atomic E-state index is 13.0. The predicted octanol–water partition coefficient (Wildman–Crippen LogP) is 3.06. The number of amidine groups is 1. The quantitative estimate of drug-likeness (QED) is 0.933. The summed E-state index contributed by atoms with van der Waals surface area (Å²) < 4.78 is 39.1. The van der Waals surface area contributed by atoms with Crippen molar-refractivity contribution in [2.24, 2.45) is 10.1 Å². The molecular weight excluding hydrogens is 295 g/mol. The van der Waals surface area contributed by atoms with Gasteiger partial charge in [-0.25, -0.2) is 10.0 Å². The minimum absolute atomic E-state index is 0.178. The molecule has 5 nitrogen and oxygen atoms in total. The number of benzene rings is 1. The first-order valence-electron chi connectivity index (χ1n) is 6.62. The lowest BCUT2D eigenvalue weighted by Gasteiger charge is -2.12. The smallest absolute Gasteiger partial charge is 0.378 e. The normalized spacial score (nSPS) is 17.2. The number of hydrogen-bond donors (Lipinski definition) is 1. The van der Waals surface area contributed by atoms with E-state index in [-0.39, 0.29) is 12.4 Å². The van der Waals surface area contributed by atoms with Crippen molar-refractivity contribution in [3.63, 3.8) is 0 Å². The summed E-state index contributed by atoms with van der Waals surface area (Å²) in [6, 6.07) is 6.72. The Hall–Kier alpha value is -2.38. The van der Waals surface area contributed by atoms with E-state index in [0.29, 0.717) is 5.69 Å². The molecule has 2 rings (SSSR count). The third-order valence-corrected chi connectivity index (χ3v) is 3.10. The zero-order chi connectivity index (χ0) is 16.5. The summed E-state index contributed by atoms with van der Waals surface area (Å²) >= 11 is 0. The summed E-state index contributed by atoms with van der Waals surface area (Å²) in [7, 11) is 3.72. The molecule has 1 aliphatic heterocycles. The van der Waals surface area contributed by atoms with Gasteiger partial charge in [-0.3, -0.25) is 5.41 Å². The SMILES string of the molecule is CCN1N=C(C(F)(F)F)C(=Nc2ccc(N(C)C)cc2)C1=N. The van der Waals surface area contributed by atoms with Gasteiger partial charge in [0, 0.05) is 26.3 Å². The van der Waals surface area contributed by atoms with Crippen molar-refractivity contribution in [1.82, 2.24) is 5.01 Å². The average molecular weight is 311 g/mol. The molecule has 0 saturated heterocycles. The zero-order valence-electron chi connectivity index (χ0n) is 12.4. The van der Waals surface area contributed by atoms with Crippen LogP contribution in [0.2, 0.25) is 0 Å². The van der Waals surface area contributed by atoms with Crippen LogP contribution in [0.4, 0.5) is 24.5 Å². The van der Waals surface area contributed by atoms with Crippen LogP contribution in [0.1, 0.15) is 6.92 Å². The summed E-state index contributed by atoms with van der Waals surface area (Å²) in [6.45, 7) is 1.80. The highest BCUT2D eigenvalue weighted by molar-refractivity contribution is 6.70. The highest BCUT2D eigenvalue weighted by Crippen LogP contribution is 2.26. The van der Waals surface area contributed by atoms with E-state index < -0.39 is 17.6 Å². The molecule has 1 heterocycles. The molecule has 118 valence electrons. The Morgan fingerprint density at radius 3 is 2.27 bits per heavy atom. The number of nitrogens with one attached hydrogen (secondary N) is 1. The van der Waals surface area contributed by atoms with Crippen LogP contribution in [-0.2, 0) is 0 Å². The minimum atomic E-state index is -4.64. The maximum Gasteiger partial charge on any atom is 0.437 e. The Morgan fingerprint density at radius 2 is 1.82 bits per heavy atom. The Kier molecular flexibility index (Phi) is 4.20. The van der Waals surface area contributed by atoms with Crippen molar-refractivity contribution in [1.29, 1.82) is 5.41 Å². The van der Waals surface area contributed by atoms with Crippen LogP contribution in [0.5, 0.6) is 0 Å². The molecule has 0 spiro atoms. The van der Waals surface area contributed by atoms with Gasteiger partial charge in [0.15, 0.2) is 11.5 Å². The van der Waals surface area contributed by atoms with E-state index in [2.05, 4.69) is 10.1 Å². The van der Waals surface area contributed by atoms with E-state index in [4.69, 9.17) is 5.41 Å². The molecule has 0 saturated carbocycles. The molecule has 0 aromatic heterocycles.